The summed E-state index contributed by atoms with van der Waals surface area (Å²) in [5.74, 6) is 2.23. The number of hydrogen-bond acceptors (Lipinski definition) is 3. The molecule has 1 aliphatic rings. The molecule has 0 bridgehead atoms. The number of halogens is 2. The van der Waals surface area contributed by atoms with Gasteiger partial charge >= 0.3 is 0 Å². The Hall–Kier alpha value is -1.58. The summed E-state index contributed by atoms with van der Waals surface area (Å²) >= 11 is 11.8. The summed E-state index contributed by atoms with van der Waals surface area (Å²) in [5.41, 5.74) is 6.28. The number of anilines is 1. The van der Waals surface area contributed by atoms with Gasteiger partial charge in [-0.2, -0.15) is 0 Å². The molecule has 0 saturated carbocycles. The monoisotopic (exact) mass is 267 g/mol. The Morgan fingerprint density at radius 3 is 1.94 bits per heavy atom. The summed E-state index contributed by atoms with van der Waals surface area (Å²) in [5, 5.41) is 0.842. The van der Waals surface area contributed by atoms with Gasteiger partial charge < -0.3 is 15.2 Å². The molecular formula is C12H7Cl2NO2. The first-order valence-electron chi connectivity index (χ1n) is 4.88. The molecule has 2 aromatic rings. The zero-order valence-electron chi connectivity index (χ0n) is 8.54. The molecule has 0 aromatic heterocycles. The first-order chi connectivity index (χ1) is 8.13. The van der Waals surface area contributed by atoms with Crippen LogP contribution in [0.15, 0.2) is 30.3 Å². The van der Waals surface area contributed by atoms with Crippen molar-refractivity contribution in [3.63, 3.8) is 0 Å². The smallest absolute Gasteiger partial charge is 0.172 e. The van der Waals surface area contributed by atoms with Gasteiger partial charge in [-0.25, -0.2) is 0 Å². The van der Waals surface area contributed by atoms with Crippen molar-refractivity contribution in [3.8, 4) is 23.0 Å². The van der Waals surface area contributed by atoms with Gasteiger partial charge in [0.1, 0.15) is 0 Å². The number of ether oxygens (including phenoxy) is 2. The average Bonchev–Trinajstić information content (AvgIpc) is 2.28. The number of hydrogen-bond donors (Lipinski definition) is 1. The Balaban J connectivity index is 2.11. The fourth-order valence-electron chi connectivity index (χ4n) is 1.60. The topological polar surface area (TPSA) is 44.5 Å². The molecule has 2 N–H and O–H groups in total. The molecule has 1 heterocycles. The van der Waals surface area contributed by atoms with E-state index in [1.54, 1.807) is 30.3 Å². The number of nitrogens with two attached hydrogens (primary N) is 1. The highest BCUT2D eigenvalue weighted by Crippen LogP contribution is 2.48. The van der Waals surface area contributed by atoms with Gasteiger partial charge in [-0.05, 0) is 12.1 Å². The van der Waals surface area contributed by atoms with Crippen molar-refractivity contribution in [2.45, 2.75) is 0 Å². The number of nitrogen functional groups attached to an aromatic ring is 1. The second-order valence-corrected chi connectivity index (χ2v) is 4.44. The van der Waals surface area contributed by atoms with Crippen molar-refractivity contribution >= 4 is 28.9 Å². The molecular weight excluding hydrogens is 261 g/mol. The second kappa shape index (κ2) is 3.72. The molecule has 5 heteroatoms. The van der Waals surface area contributed by atoms with Crippen LogP contribution in [0.4, 0.5) is 5.69 Å². The van der Waals surface area contributed by atoms with E-state index in [1.807, 2.05) is 0 Å². The second-order valence-electron chi connectivity index (χ2n) is 3.62. The van der Waals surface area contributed by atoms with Gasteiger partial charge in [0.25, 0.3) is 0 Å². The van der Waals surface area contributed by atoms with E-state index in [-0.39, 0.29) is 0 Å². The van der Waals surface area contributed by atoms with Crippen molar-refractivity contribution in [2.75, 3.05) is 5.73 Å². The maximum absolute atomic E-state index is 5.91. The van der Waals surface area contributed by atoms with Crippen LogP contribution >= 0.6 is 23.2 Å². The highest BCUT2D eigenvalue weighted by atomic mass is 35.5. The van der Waals surface area contributed by atoms with Gasteiger partial charge in [0.05, 0.1) is 10.0 Å². The van der Waals surface area contributed by atoms with Crippen LogP contribution in [0, 0.1) is 0 Å². The summed E-state index contributed by atoms with van der Waals surface area (Å²) < 4.78 is 11.3. The van der Waals surface area contributed by atoms with Crippen LogP contribution in [0.5, 0.6) is 23.0 Å². The molecule has 0 amide bonds. The Morgan fingerprint density at radius 2 is 1.29 bits per heavy atom. The van der Waals surface area contributed by atoms with Crippen molar-refractivity contribution in [3.05, 3.63) is 40.4 Å². The van der Waals surface area contributed by atoms with Crippen molar-refractivity contribution in [1.82, 2.24) is 0 Å². The fourth-order valence-corrected chi connectivity index (χ4v) is 1.90. The number of rotatable bonds is 0. The minimum Gasteiger partial charge on any atom is -0.449 e. The lowest BCUT2D eigenvalue weighted by molar-refractivity contribution is 0.360. The summed E-state index contributed by atoms with van der Waals surface area (Å²) in [6.07, 6.45) is 0. The van der Waals surface area contributed by atoms with Gasteiger partial charge in [0.15, 0.2) is 23.0 Å². The first kappa shape index (κ1) is 10.6. The van der Waals surface area contributed by atoms with Crippen LogP contribution in [0.1, 0.15) is 0 Å². The average molecular weight is 268 g/mol. The molecule has 0 saturated heterocycles. The maximum atomic E-state index is 5.91. The van der Waals surface area contributed by atoms with Gasteiger partial charge in [-0.15, -0.1) is 0 Å². The predicted molar refractivity (Wildman–Crippen MR) is 67.5 cm³/mol. The van der Waals surface area contributed by atoms with Crippen molar-refractivity contribution in [2.24, 2.45) is 0 Å². The third-order valence-electron chi connectivity index (χ3n) is 2.39. The highest BCUT2D eigenvalue weighted by molar-refractivity contribution is 6.42. The molecule has 0 fully saturated rings. The molecule has 0 spiro atoms. The Bertz CT molecular complexity index is 614. The lowest BCUT2D eigenvalue weighted by Crippen LogP contribution is -1.99. The van der Waals surface area contributed by atoms with E-state index in [9.17, 15) is 0 Å². The Kier molecular flexibility index (Phi) is 2.31. The molecule has 2 aromatic carbocycles. The van der Waals surface area contributed by atoms with Gasteiger partial charge in [0.2, 0.25) is 0 Å². The highest BCUT2D eigenvalue weighted by Gasteiger charge is 2.20. The normalized spacial score (nSPS) is 12.1. The Labute approximate surface area is 108 Å². The molecule has 0 aliphatic carbocycles. The largest absolute Gasteiger partial charge is 0.449 e. The van der Waals surface area contributed by atoms with Gasteiger partial charge in [-0.3, -0.25) is 0 Å². The van der Waals surface area contributed by atoms with E-state index in [4.69, 9.17) is 38.4 Å². The lowest BCUT2D eigenvalue weighted by Gasteiger charge is -2.21. The summed E-state index contributed by atoms with van der Waals surface area (Å²) in [6, 6.07) is 8.42. The van der Waals surface area contributed by atoms with E-state index >= 15 is 0 Å². The van der Waals surface area contributed by atoms with E-state index in [0.29, 0.717) is 38.7 Å². The molecule has 1 aliphatic heterocycles. The Morgan fingerprint density at radius 1 is 0.765 bits per heavy atom. The van der Waals surface area contributed by atoms with E-state index in [0.717, 1.165) is 0 Å². The van der Waals surface area contributed by atoms with Crippen LogP contribution in [0.2, 0.25) is 10.0 Å². The number of fused-ring (bicyclic) bond motifs is 2. The van der Waals surface area contributed by atoms with E-state index < -0.39 is 0 Å². The van der Waals surface area contributed by atoms with Gasteiger partial charge in [0, 0.05) is 23.9 Å². The third kappa shape index (κ3) is 1.77. The molecule has 3 rings (SSSR count). The molecule has 0 radical (unpaired) electrons. The van der Waals surface area contributed by atoms with E-state index in [1.165, 1.54) is 0 Å². The van der Waals surface area contributed by atoms with Crippen LogP contribution in [0.25, 0.3) is 0 Å². The van der Waals surface area contributed by atoms with Crippen LogP contribution in [0.3, 0.4) is 0 Å². The molecule has 86 valence electrons. The predicted octanol–water partition coefficient (Wildman–Crippen LogP) is 4.47. The summed E-state index contributed by atoms with van der Waals surface area (Å²) in [4.78, 5) is 0. The summed E-state index contributed by atoms with van der Waals surface area (Å²) in [6.45, 7) is 0. The van der Waals surface area contributed by atoms with Crippen molar-refractivity contribution in [1.29, 1.82) is 0 Å². The van der Waals surface area contributed by atoms with Crippen LogP contribution < -0.4 is 15.2 Å². The standard InChI is InChI=1S/C12H7Cl2NO2/c13-7-4-11-12(5-8(7)14)17-10-3-6(15)1-2-9(10)16-11/h1-5H,15H2. The van der Waals surface area contributed by atoms with Crippen LogP contribution in [-0.4, -0.2) is 0 Å². The fraction of sp³-hybridized carbons (Fsp3) is 0. The molecule has 17 heavy (non-hydrogen) atoms. The molecule has 0 atom stereocenters. The number of benzene rings is 2. The molecule has 3 nitrogen and oxygen atoms in total. The third-order valence-corrected chi connectivity index (χ3v) is 3.12. The zero-order valence-corrected chi connectivity index (χ0v) is 10.0. The van der Waals surface area contributed by atoms with Gasteiger partial charge in [-0.1, -0.05) is 23.2 Å². The van der Waals surface area contributed by atoms with Crippen molar-refractivity contribution < 1.29 is 9.47 Å². The maximum Gasteiger partial charge on any atom is 0.172 e. The zero-order chi connectivity index (χ0) is 12.0. The minimum absolute atomic E-state index is 0.418. The summed E-state index contributed by atoms with van der Waals surface area (Å²) in [7, 11) is 0. The van der Waals surface area contributed by atoms with Crippen LogP contribution in [-0.2, 0) is 0 Å². The molecule has 0 unspecified atom stereocenters. The van der Waals surface area contributed by atoms with E-state index in [2.05, 4.69) is 0 Å². The quantitative estimate of drug-likeness (QED) is 0.611. The SMILES string of the molecule is Nc1ccc2c(c1)Oc1cc(Cl)c(Cl)cc1O2. The minimum atomic E-state index is 0.418. The first-order valence-corrected chi connectivity index (χ1v) is 5.63. The lowest BCUT2D eigenvalue weighted by atomic mass is 10.2.